The van der Waals surface area contributed by atoms with E-state index in [0.717, 1.165) is 5.56 Å². The Balaban J connectivity index is 3.02. The van der Waals surface area contributed by atoms with Crippen LogP contribution in [-0.2, 0) is 14.9 Å². The molecule has 0 saturated carbocycles. The number of nitrogens with one attached hydrogen (secondary N) is 3. The largest absolute Gasteiger partial charge is 0.450 e. The van der Waals surface area contributed by atoms with Gasteiger partial charge in [-0.3, -0.25) is 10.1 Å². The van der Waals surface area contributed by atoms with Gasteiger partial charge in [0.2, 0.25) is 5.91 Å². The minimum absolute atomic E-state index is 0.0681. The molecular weight excluding hydrogens is 314 g/mol. The molecule has 0 aromatic heterocycles. The van der Waals surface area contributed by atoms with E-state index in [9.17, 15) is 9.59 Å². The molecule has 0 heterocycles. The maximum atomic E-state index is 11.4. The maximum Gasteiger partial charge on any atom is 0.413 e. The number of carbonyl (C=O) groups excluding carboxylic acids is 2. The lowest BCUT2D eigenvalue weighted by atomic mass is 9.86. The van der Waals surface area contributed by atoms with Crippen LogP contribution in [0.1, 0.15) is 40.2 Å². The summed E-state index contributed by atoms with van der Waals surface area (Å²) in [5.74, 6) is -0.194. The van der Waals surface area contributed by atoms with E-state index in [-0.39, 0.29) is 23.0 Å². The number of anilines is 2. The van der Waals surface area contributed by atoms with Crippen molar-refractivity contribution in [1.82, 2.24) is 5.32 Å². The van der Waals surface area contributed by atoms with Crippen LogP contribution < -0.4 is 16.0 Å². The first kappa shape index (κ1) is 18.9. The molecule has 1 aromatic carbocycles. The Hall–Kier alpha value is -2.15. The van der Waals surface area contributed by atoms with Crippen molar-refractivity contribution in [2.45, 2.75) is 40.0 Å². The van der Waals surface area contributed by atoms with Crippen molar-refractivity contribution in [3.05, 3.63) is 23.8 Å². The fourth-order valence-electron chi connectivity index (χ4n) is 1.83. The van der Waals surface area contributed by atoms with Gasteiger partial charge in [0, 0.05) is 6.92 Å². The summed E-state index contributed by atoms with van der Waals surface area (Å²) in [4.78, 5) is 22.7. The quantitative estimate of drug-likeness (QED) is 0.737. The zero-order valence-electron chi connectivity index (χ0n) is 14.1. The molecule has 0 spiro atoms. The van der Waals surface area contributed by atoms with Gasteiger partial charge in [-0.15, -0.1) is 0 Å². The van der Waals surface area contributed by atoms with Crippen molar-refractivity contribution in [2.75, 3.05) is 17.2 Å². The lowest BCUT2D eigenvalue weighted by molar-refractivity contribution is -0.114. The van der Waals surface area contributed by atoms with Crippen LogP contribution >= 0.6 is 12.2 Å². The van der Waals surface area contributed by atoms with E-state index in [0.29, 0.717) is 11.4 Å². The first-order valence-electron chi connectivity index (χ1n) is 7.30. The fourth-order valence-corrected chi connectivity index (χ4v) is 2.02. The lowest BCUT2D eigenvalue weighted by Crippen LogP contribution is -2.34. The second kappa shape index (κ2) is 7.92. The molecule has 0 fully saturated rings. The fraction of sp³-hybridized carbons (Fsp3) is 0.438. The molecule has 3 N–H and O–H groups in total. The molecule has 1 aromatic rings. The van der Waals surface area contributed by atoms with E-state index in [1.807, 2.05) is 12.1 Å². The molecule has 0 radical (unpaired) electrons. The molecule has 126 valence electrons. The van der Waals surface area contributed by atoms with Crippen LogP contribution in [0.4, 0.5) is 16.2 Å². The third kappa shape index (κ3) is 6.23. The zero-order chi connectivity index (χ0) is 17.6. The van der Waals surface area contributed by atoms with Gasteiger partial charge >= 0.3 is 6.09 Å². The average molecular weight is 337 g/mol. The van der Waals surface area contributed by atoms with Crippen molar-refractivity contribution >= 4 is 40.7 Å². The maximum absolute atomic E-state index is 11.4. The number of hydrogen-bond acceptors (Lipinski definition) is 4. The SMILES string of the molecule is CCOC(=O)NC(=S)Nc1cc(C(C)(C)C)ccc1NC(C)=O. The number of carbonyl (C=O) groups is 2. The van der Waals surface area contributed by atoms with Crippen LogP contribution in [0, 0.1) is 0 Å². The number of rotatable bonds is 3. The monoisotopic (exact) mass is 337 g/mol. The second-order valence-electron chi connectivity index (χ2n) is 5.99. The van der Waals surface area contributed by atoms with E-state index in [4.69, 9.17) is 17.0 Å². The summed E-state index contributed by atoms with van der Waals surface area (Å²) >= 11 is 5.10. The topological polar surface area (TPSA) is 79.5 Å². The van der Waals surface area contributed by atoms with Gasteiger partial charge in [0.25, 0.3) is 0 Å². The van der Waals surface area contributed by atoms with Gasteiger partial charge in [0.05, 0.1) is 18.0 Å². The Morgan fingerprint density at radius 1 is 1.17 bits per heavy atom. The molecule has 2 amide bonds. The smallest absolute Gasteiger partial charge is 0.413 e. The molecule has 0 aliphatic carbocycles. The first-order chi connectivity index (χ1) is 10.6. The number of benzene rings is 1. The Kier molecular flexibility index (Phi) is 6.50. The zero-order valence-corrected chi connectivity index (χ0v) is 14.9. The first-order valence-corrected chi connectivity index (χ1v) is 7.71. The highest BCUT2D eigenvalue weighted by atomic mass is 32.1. The number of amides is 2. The van der Waals surface area contributed by atoms with Gasteiger partial charge in [0.15, 0.2) is 5.11 Å². The Labute approximate surface area is 142 Å². The van der Waals surface area contributed by atoms with Crippen LogP contribution in [0.15, 0.2) is 18.2 Å². The number of thiocarbonyl (C=S) groups is 1. The van der Waals surface area contributed by atoms with Crippen molar-refractivity contribution in [3.8, 4) is 0 Å². The van der Waals surface area contributed by atoms with Crippen molar-refractivity contribution in [3.63, 3.8) is 0 Å². The van der Waals surface area contributed by atoms with Gasteiger partial charge in [-0.25, -0.2) is 4.79 Å². The summed E-state index contributed by atoms with van der Waals surface area (Å²) in [6.07, 6.45) is -0.627. The van der Waals surface area contributed by atoms with Crippen molar-refractivity contribution < 1.29 is 14.3 Å². The molecule has 7 heteroatoms. The number of ether oxygens (including phenoxy) is 1. The Morgan fingerprint density at radius 2 is 1.83 bits per heavy atom. The minimum atomic E-state index is -0.627. The van der Waals surface area contributed by atoms with E-state index >= 15 is 0 Å². The Morgan fingerprint density at radius 3 is 2.35 bits per heavy atom. The molecular formula is C16H23N3O3S. The molecule has 6 nitrogen and oxygen atoms in total. The molecule has 0 unspecified atom stereocenters. The molecule has 0 aliphatic rings. The predicted molar refractivity (Wildman–Crippen MR) is 95.8 cm³/mol. The molecule has 0 aliphatic heterocycles. The summed E-state index contributed by atoms with van der Waals surface area (Å²) in [5.41, 5.74) is 2.18. The third-order valence-electron chi connectivity index (χ3n) is 2.94. The van der Waals surface area contributed by atoms with Gasteiger partial charge in [-0.2, -0.15) is 0 Å². The molecule has 0 saturated heterocycles. The van der Waals surface area contributed by atoms with Crippen LogP contribution in [-0.4, -0.2) is 23.7 Å². The normalized spacial score (nSPS) is 10.7. The van der Waals surface area contributed by atoms with E-state index in [1.54, 1.807) is 13.0 Å². The van der Waals surface area contributed by atoms with E-state index < -0.39 is 6.09 Å². The van der Waals surface area contributed by atoms with Gasteiger partial charge in [-0.05, 0) is 42.3 Å². The lowest BCUT2D eigenvalue weighted by Gasteiger charge is -2.22. The molecule has 0 bridgehead atoms. The van der Waals surface area contributed by atoms with Crippen LogP contribution in [0.5, 0.6) is 0 Å². The summed E-state index contributed by atoms with van der Waals surface area (Å²) < 4.78 is 4.78. The summed E-state index contributed by atoms with van der Waals surface area (Å²) in [5, 5.41) is 8.17. The molecule has 1 rings (SSSR count). The Bertz CT molecular complexity index is 609. The third-order valence-corrected chi connectivity index (χ3v) is 3.14. The molecule has 0 atom stereocenters. The van der Waals surface area contributed by atoms with Gasteiger partial charge in [-0.1, -0.05) is 26.8 Å². The van der Waals surface area contributed by atoms with Crippen LogP contribution in [0.2, 0.25) is 0 Å². The number of alkyl carbamates (subject to hydrolysis) is 1. The summed E-state index contributed by atoms with van der Waals surface area (Å²) in [6.45, 7) is 9.64. The van der Waals surface area contributed by atoms with Crippen LogP contribution in [0.25, 0.3) is 0 Å². The van der Waals surface area contributed by atoms with E-state index in [2.05, 4.69) is 36.7 Å². The van der Waals surface area contributed by atoms with Crippen molar-refractivity contribution in [1.29, 1.82) is 0 Å². The average Bonchev–Trinajstić information content (AvgIpc) is 2.38. The predicted octanol–water partition coefficient (Wildman–Crippen LogP) is 3.39. The number of hydrogen-bond donors (Lipinski definition) is 3. The highest BCUT2D eigenvalue weighted by Gasteiger charge is 2.17. The molecule has 23 heavy (non-hydrogen) atoms. The van der Waals surface area contributed by atoms with E-state index in [1.165, 1.54) is 6.92 Å². The summed E-state index contributed by atoms with van der Waals surface area (Å²) in [6, 6.07) is 5.64. The van der Waals surface area contributed by atoms with Gasteiger partial charge in [0.1, 0.15) is 0 Å². The second-order valence-corrected chi connectivity index (χ2v) is 6.40. The van der Waals surface area contributed by atoms with Crippen molar-refractivity contribution in [2.24, 2.45) is 0 Å². The van der Waals surface area contributed by atoms with Crippen LogP contribution in [0.3, 0.4) is 0 Å². The standard InChI is InChI=1S/C16H23N3O3S/c1-6-22-15(21)19-14(23)18-13-9-11(16(3,4)5)7-8-12(13)17-10(2)20/h7-9H,6H2,1-5H3,(H,17,20)(H2,18,19,21,23). The van der Waals surface area contributed by atoms with Gasteiger partial charge < -0.3 is 15.4 Å². The minimum Gasteiger partial charge on any atom is -0.450 e. The summed E-state index contributed by atoms with van der Waals surface area (Å²) in [7, 11) is 0. The highest BCUT2D eigenvalue weighted by molar-refractivity contribution is 7.80. The highest BCUT2D eigenvalue weighted by Crippen LogP contribution is 2.30.